The maximum atomic E-state index is 13.3. The first-order valence-electron chi connectivity index (χ1n) is 31.4. The van der Waals surface area contributed by atoms with Crippen LogP contribution in [0.2, 0.25) is 0 Å². The summed E-state index contributed by atoms with van der Waals surface area (Å²) < 4.78 is 47.2. The van der Waals surface area contributed by atoms with E-state index >= 15 is 0 Å². The van der Waals surface area contributed by atoms with Crippen molar-refractivity contribution in [3.63, 3.8) is 0 Å². The summed E-state index contributed by atoms with van der Waals surface area (Å²) in [6.45, 7) is 2.47. The van der Waals surface area contributed by atoms with Gasteiger partial charge in [-0.15, -0.1) is 73.4 Å². The van der Waals surface area contributed by atoms with Crippen LogP contribution in [-0.4, -0.2) is 240 Å². The number of nitrogens with zero attached hydrogens (tertiary/aromatic N) is 3. The molecule has 22 nitrogen and oxygen atoms in total. The predicted octanol–water partition coefficient (Wildman–Crippen LogP) is 2.57. The third-order valence-electron chi connectivity index (χ3n) is 19.2. The monoisotopic (exact) mass is 1890 g/mol. The molecule has 0 amide bonds. The number of piperidine rings is 3. The zero-order valence-electron chi connectivity index (χ0n) is 55.8. The van der Waals surface area contributed by atoms with Gasteiger partial charge in [-0.2, -0.15) is 11.4 Å². The van der Waals surface area contributed by atoms with E-state index in [9.17, 15) is 49.2 Å². The zero-order valence-corrected chi connectivity index (χ0v) is 70.4. The molecule has 9 fully saturated rings. The van der Waals surface area contributed by atoms with Gasteiger partial charge in [0.2, 0.25) is 16.8 Å². The quantitative estimate of drug-likeness (QED) is 0.0178. The molecule has 9 aliphatic heterocycles. The van der Waals surface area contributed by atoms with Crippen molar-refractivity contribution in [1.29, 1.82) is 0 Å². The maximum Gasteiger partial charge on any atom is 2.00 e. The molecule has 0 aliphatic carbocycles. The minimum Gasteiger partial charge on any atom is -1.00 e. The summed E-state index contributed by atoms with van der Waals surface area (Å²) in [7, 11) is 9.84. The Balaban J connectivity index is 0.000000182. The molecule has 6 bridgehead atoms. The molecule has 9 saturated heterocycles. The maximum absolute atomic E-state index is 13.3. The smallest absolute Gasteiger partial charge is 1.00 e. The number of quaternary nitrogens is 1. The number of rotatable bonds is 14. The molecule has 101 heavy (non-hydrogen) atoms. The minimum atomic E-state index is -1.80. The van der Waals surface area contributed by atoms with E-state index in [1.165, 1.54) is 75.1 Å². The molecule has 16 rings (SSSR count). The van der Waals surface area contributed by atoms with Gasteiger partial charge in [-0.1, -0.05) is 36.4 Å². The SMILES string of the molecule is CCOC(=O)C[N+]1(C)[C@@H]2CC(OC(=O)C(O)(c3cccs3)c3cccs3)C[C@H]1[C@@H]1O[C@@H]12.CN1[C@@H]2CC(O)C[C@H]1[C@@H]1O[C@@H]12.CN1[C@@H]2CC(OC(=O)C(O)(c3cccs3)c3cccs3)C[C@H]1[C@@H]1O[C@@H]12.COC(=O)C(=O)OC.COC(=O)C(O)(c1cccs1)c1cccs1.II.[Br-].[Br-].[Mg+2].[c-]1cccs1. The number of likely N-dealkylation sites (N-methyl/N-ethyl adjacent to an activating group) is 3. The molecule has 0 spiro atoms. The number of hydrogen-bond donors (Lipinski definition) is 4. The van der Waals surface area contributed by atoms with Gasteiger partial charge in [0, 0.05) is 87.1 Å². The number of aliphatic hydroxyl groups is 4. The van der Waals surface area contributed by atoms with Gasteiger partial charge in [-0.05, 0) is 103 Å². The topological polar surface area (TPSA) is 283 Å². The number of epoxide rings is 3. The van der Waals surface area contributed by atoms with Crippen molar-refractivity contribution >= 4 is 175 Å². The Morgan fingerprint density at radius 3 is 1.13 bits per heavy atom. The van der Waals surface area contributed by atoms with Crippen LogP contribution in [0.15, 0.2) is 123 Å². The molecule has 7 aromatic heterocycles. The fourth-order valence-corrected chi connectivity index (χ4v) is 19.8. The van der Waals surface area contributed by atoms with Gasteiger partial charge in [0.05, 0.1) is 70.4 Å². The number of methoxy groups -OCH3 is 3. The number of hydrogen-bond acceptors (Lipinski definition) is 28. The Morgan fingerprint density at radius 2 is 0.851 bits per heavy atom. The number of thiophene rings is 7. The van der Waals surface area contributed by atoms with Gasteiger partial charge < -0.3 is 113 Å². The first kappa shape index (κ1) is 85.8. The standard InChI is InChI=1S/C22H26NO6S2.C18H19NO4S2.C11H10O3S2.C8H13NO2.C4H6O4.C4H3S.2BrH.I2.Mg/c1-3-27-18(24)12-23(2)14-10-13(11-15(23)20-19(14)29-20)28-21(25)22(26,16-6-4-8-30-16)17-7-5-9-31-17;1-19-11-8-10(9-12(19)16-15(11)23-16)22-17(20)18(21,13-4-2-6-24-13)14-5-3-7-25-14;1-14-10(12)11(13,8-4-2-6-15-8)9-5-3-7-16-9;1-9-5-2-4(10)3-6(9)8-7(5)11-8;1-7-3(5)4(6)8-2;1-2-4-5-3-1;;;1-2;/h4-9,13-15,19-20,26H,3,10-12H2,1-2H3;2-7,10-12,15-16,21H,8-9H2,1H3;2-7,13H,1H3;4-8,10H,2-3H2,1H3;1-2H3;1-3H;2*1H;;/q+1;;;;;-1;;;;+2/p-2/t13?,14-,15+,19-,20+,23?;10?,11-,12+,15-,16+;;4?,5-,6+,7-,8+;;;;;;. The second kappa shape index (κ2) is 38.0. The van der Waals surface area contributed by atoms with E-state index in [0.717, 1.165) is 39.9 Å². The first-order valence-corrected chi connectivity index (χ1v) is 43.8. The van der Waals surface area contributed by atoms with Gasteiger partial charge in [0.15, 0.2) is 6.54 Å². The summed E-state index contributed by atoms with van der Waals surface area (Å²) in [5.41, 5.74) is -5.19. The van der Waals surface area contributed by atoms with Crippen LogP contribution in [0.1, 0.15) is 74.7 Å². The van der Waals surface area contributed by atoms with Gasteiger partial charge in [0.1, 0.15) is 60.9 Å². The van der Waals surface area contributed by atoms with Crippen molar-refractivity contribution < 1.29 is 130 Å². The van der Waals surface area contributed by atoms with E-state index in [0.29, 0.717) is 108 Å². The molecule has 16 atom stereocenters. The summed E-state index contributed by atoms with van der Waals surface area (Å²) >= 11 is 13.9. The molecule has 4 unspecified atom stereocenters. The van der Waals surface area contributed by atoms with Gasteiger partial charge >= 0.3 is 58.9 Å². The van der Waals surface area contributed by atoms with Gasteiger partial charge in [-0.3, -0.25) is 9.80 Å². The molecule has 0 radical (unpaired) electrons. The van der Waals surface area contributed by atoms with Crippen LogP contribution >= 0.6 is 117 Å². The number of aliphatic hydroxyl groups excluding tert-OH is 1. The molecular formula is C67H77Br2I2MgN3O19S7. The average molecular weight is 1890 g/mol. The van der Waals surface area contributed by atoms with Crippen molar-refractivity contribution in [1.82, 2.24) is 9.80 Å². The normalized spacial score (nSPS) is 28.2. The molecule has 7 aromatic rings. The van der Waals surface area contributed by atoms with E-state index in [4.69, 9.17) is 28.4 Å². The van der Waals surface area contributed by atoms with Gasteiger partial charge in [0.25, 0.3) is 0 Å². The van der Waals surface area contributed by atoms with Crippen LogP contribution in [0.4, 0.5) is 0 Å². The Kier molecular flexibility index (Phi) is 32.3. The van der Waals surface area contributed by atoms with Crippen molar-refractivity contribution in [2.45, 2.75) is 153 Å². The van der Waals surface area contributed by atoms with Crippen molar-refractivity contribution in [2.75, 3.05) is 55.6 Å². The van der Waals surface area contributed by atoms with Crippen molar-refractivity contribution in [2.24, 2.45) is 0 Å². The summed E-state index contributed by atoms with van der Waals surface area (Å²) in [6.07, 6.45) is 5.72. The molecule has 0 aromatic carbocycles. The Labute approximate surface area is 674 Å². The van der Waals surface area contributed by atoms with Crippen LogP contribution in [0.25, 0.3) is 0 Å². The number of esters is 6. The predicted molar refractivity (Wildman–Crippen MR) is 393 cm³/mol. The molecule has 9 aliphatic rings. The van der Waals surface area contributed by atoms with E-state index in [-0.39, 0.29) is 106 Å². The van der Waals surface area contributed by atoms with E-state index in [2.05, 4.69) is 87.8 Å². The fourth-order valence-electron chi connectivity index (χ4n) is 14.2. The van der Waals surface area contributed by atoms with E-state index in [1.54, 1.807) is 66.8 Å². The van der Waals surface area contributed by atoms with Crippen LogP contribution in [0, 0.1) is 5.38 Å². The van der Waals surface area contributed by atoms with E-state index in [1.807, 2.05) is 74.1 Å². The largest absolute Gasteiger partial charge is 2.00 e. The zero-order chi connectivity index (χ0) is 70.3. The number of carbonyl (C=O) groups is 6. The van der Waals surface area contributed by atoms with Crippen LogP contribution in [-0.2, 0) is 88.2 Å². The molecular weight excluding hydrogens is 1810 g/mol. The van der Waals surface area contributed by atoms with Crippen molar-refractivity contribution in [3.8, 4) is 0 Å². The summed E-state index contributed by atoms with van der Waals surface area (Å²) in [5, 5.41) is 58.7. The molecule has 0 saturated carbocycles. The van der Waals surface area contributed by atoms with Crippen LogP contribution in [0.5, 0.6) is 0 Å². The van der Waals surface area contributed by atoms with Crippen LogP contribution < -0.4 is 34.0 Å². The molecule has 16 heterocycles. The Morgan fingerprint density at radius 1 is 0.525 bits per heavy atom. The second-order valence-electron chi connectivity index (χ2n) is 24.6. The van der Waals surface area contributed by atoms with E-state index < -0.39 is 46.6 Å². The third kappa shape index (κ3) is 18.6. The number of fused-ring (bicyclic) bond motifs is 15. The summed E-state index contributed by atoms with van der Waals surface area (Å²) in [5.74, 6) is -4.03. The van der Waals surface area contributed by atoms with Gasteiger partial charge in [-0.25, -0.2) is 34.8 Å². The van der Waals surface area contributed by atoms with Crippen LogP contribution in [0.3, 0.4) is 0 Å². The number of morpholine rings is 3. The number of halogens is 4. The molecule has 4 N–H and O–H groups in total. The number of carbonyl (C=O) groups excluding carboxylic acids is 6. The Bertz CT molecular complexity index is 3510. The average Bonchev–Trinajstić information content (AvgIpc) is 1.54. The third-order valence-corrected chi connectivity index (χ3v) is 25.6. The van der Waals surface area contributed by atoms with Crippen molar-refractivity contribution in [3.05, 3.63) is 157 Å². The Hall–Kier alpha value is -2.49. The minimum absolute atomic E-state index is 0. The molecule has 34 heteroatoms. The summed E-state index contributed by atoms with van der Waals surface area (Å²) in [4.78, 5) is 78.6. The second-order valence-corrected chi connectivity index (χ2v) is 31.0. The first-order chi connectivity index (χ1) is 47.1. The molecule has 546 valence electrons. The summed E-state index contributed by atoms with van der Waals surface area (Å²) in [6, 6.07) is 27.1. The number of ether oxygens (including phenoxy) is 9. The fraction of sp³-hybridized carbons (Fsp3) is 0.493.